The molecule has 3 rings (SSSR count). The Bertz CT molecular complexity index is 620. The van der Waals surface area contributed by atoms with Gasteiger partial charge in [-0.05, 0) is 37.6 Å². The van der Waals surface area contributed by atoms with Crippen molar-refractivity contribution in [2.45, 2.75) is 18.9 Å². The summed E-state index contributed by atoms with van der Waals surface area (Å²) in [5, 5.41) is 3.18. The van der Waals surface area contributed by atoms with Crippen LogP contribution in [-0.4, -0.2) is 28.3 Å². The first-order valence-electron chi connectivity index (χ1n) is 5.74. The largest absolute Gasteiger partial charge is 0.323 e. The van der Waals surface area contributed by atoms with Gasteiger partial charge in [-0.15, -0.1) is 0 Å². The molecule has 2 aromatic rings. The Labute approximate surface area is 97.2 Å². The van der Waals surface area contributed by atoms with Crippen LogP contribution in [0.15, 0.2) is 23.0 Å². The molecule has 1 unspecified atom stereocenters. The molecule has 1 atom stereocenters. The summed E-state index contributed by atoms with van der Waals surface area (Å²) in [4.78, 5) is 28.6. The van der Waals surface area contributed by atoms with E-state index in [0.717, 1.165) is 24.9 Å². The van der Waals surface area contributed by atoms with Crippen LogP contribution in [0.3, 0.4) is 0 Å². The highest BCUT2D eigenvalue weighted by Gasteiger charge is 2.23. The Morgan fingerprint density at radius 1 is 1.24 bits per heavy atom. The molecule has 5 nitrogen and oxygen atoms in total. The second-order valence-corrected chi connectivity index (χ2v) is 4.35. The molecule has 0 amide bonds. The van der Waals surface area contributed by atoms with E-state index >= 15 is 0 Å². The highest BCUT2D eigenvalue weighted by molar-refractivity contribution is 6.02. The van der Waals surface area contributed by atoms with Crippen LogP contribution in [0.5, 0.6) is 0 Å². The van der Waals surface area contributed by atoms with Crippen molar-refractivity contribution in [2.75, 3.05) is 6.54 Å². The van der Waals surface area contributed by atoms with E-state index in [1.54, 1.807) is 18.2 Å². The van der Waals surface area contributed by atoms with Gasteiger partial charge in [-0.25, -0.2) is 4.79 Å². The number of aromatic nitrogens is 2. The Kier molecular flexibility index (Phi) is 2.33. The lowest BCUT2D eigenvalue weighted by molar-refractivity contribution is 0.0952. The molecule has 2 heterocycles. The fraction of sp³-hybridized carbons (Fsp3) is 0.333. The van der Waals surface area contributed by atoms with Gasteiger partial charge in [0.05, 0.1) is 17.1 Å². The molecule has 17 heavy (non-hydrogen) atoms. The van der Waals surface area contributed by atoms with Gasteiger partial charge in [0, 0.05) is 5.56 Å². The number of ketones is 1. The van der Waals surface area contributed by atoms with E-state index < -0.39 is 0 Å². The lowest BCUT2D eigenvalue weighted by atomic mass is 10.0. The molecule has 1 aliphatic rings. The maximum Gasteiger partial charge on any atom is 0.323 e. The van der Waals surface area contributed by atoms with E-state index in [2.05, 4.69) is 15.3 Å². The predicted octanol–water partition coefficient (Wildman–Crippen LogP) is 0.791. The van der Waals surface area contributed by atoms with Gasteiger partial charge < -0.3 is 15.3 Å². The normalized spacial score (nSPS) is 19.9. The summed E-state index contributed by atoms with van der Waals surface area (Å²) in [7, 11) is 0. The van der Waals surface area contributed by atoms with Crippen molar-refractivity contribution < 1.29 is 4.79 Å². The highest BCUT2D eigenvalue weighted by atomic mass is 16.1. The van der Waals surface area contributed by atoms with Crippen LogP contribution in [0.2, 0.25) is 0 Å². The van der Waals surface area contributed by atoms with E-state index in [1.807, 2.05) is 0 Å². The molecule has 88 valence electrons. The van der Waals surface area contributed by atoms with Gasteiger partial charge >= 0.3 is 5.69 Å². The number of carbonyl (C=O) groups excluding carboxylic acids is 1. The van der Waals surface area contributed by atoms with Crippen molar-refractivity contribution in [2.24, 2.45) is 0 Å². The van der Waals surface area contributed by atoms with Crippen LogP contribution >= 0.6 is 0 Å². The van der Waals surface area contributed by atoms with Crippen molar-refractivity contribution >= 4 is 16.8 Å². The lowest BCUT2D eigenvalue weighted by Gasteiger charge is -2.08. The summed E-state index contributed by atoms with van der Waals surface area (Å²) in [5.41, 5.74) is 1.81. The SMILES string of the molecule is O=C(c1ccc2[nH]c(=O)[nH]c2c1)C1CCCN1. The van der Waals surface area contributed by atoms with Crippen LogP contribution in [0.25, 0.3) is 11.0 Å². The second-order valence-electron chi connectivity index (χ2n) is 4.35. The molecular formula is C12H13N3O2. The maximum atomic E-state index is 12.1. The zero-order chi connectivity index (χ0) is 11.8. The standard InChI is InChI=1S/C12H13N3O2/c16-11(9-2-1-5-13-9)7-3-4-8-10(6-7)15-12(17)14-8/h3-4,6,9,13H,1-2,5H2,(H2,14,15,17). The molecule has 0 bridgehead atoms. The first-order valence-corrected chi connectivity index (χ1v) is 5.74. The van der Waals surface area contributed by atoms with Crippen molar-refractivity contribution in [3.8, 4) is 0 Å². The molecular weight excluding hydrogens is 218 g/mol. The molecule has 1 aromatic carbocycles. The van der Waals surface area contributed by atoms with E-state index in [1.165, 1.54) is 0 Å². The third-order valence-corrected chi connectivity index (χ3v) is 3.18. The Hall–Kier alpha value is -1.88. The van der Waals surface area contributed by atoms with Crippen LogP contribution in [-0.2, 0) is 0 Å². The fourth-order valence-electron chi connectivity index (χ4n) is 2.30. The molecule has 1 aromatic heterocycles. The summed E-state index contributed by atoms with van der Waals surface area (Å²) in [6, 6.07) is 5.18. The molecule has 0 saturated carbocycles. The van der Waals surface area contributed by atoms with E-state index in [4.69, 9.17) is 0 Å². The minimum absolute atomic E-state index is 0.0712. The van der Waals surface area contributed by atoms with Crippen LogP contribution in [0.4, 0.5) is 0 Å². The van der Waals surface area contributed by atoms with Gasteiger partial charge in [0.1, 0.15) is 0 Å². The molecule has 3 N–H and O–H groups in total. The number of hydrogen-bond donors (Lipinski definition) is 3. The Balaban J connectivity index is 1.99. The monoisotopic (exact) mass is 231 g/mol. The number of rotatable bonds is 2. The maximum absolute atomic E-state index is 12.1. The minimum Gasteiger partial charge on any atom is -0.307 e. The highest BCUT2D eigenvalue weighted by Crippen LogP contribution is 2.15. The van der Waals surface area contributed by atoms with Crippen LogP contribution in [0.1, 0.15) is 23.2 Å². The average molecular weight is 231 g/mol. The molecule has 1 saturated heterocycles. The minimum atomic E-state index is -0.247. The zero-order valence-electron chi connectivity index (χ0n) is 9.25. The quantitative estimate of drug-likeness (QED) is 0.669. The van der Waals surface area contributed by atoms with E-state index in [0.29, 0.717) is 11.1 Å². The molecule has 0 spiro atoms. The third kappa shape index (κ3) is 1.78. The number of carbonyl (C=O) groups is 1. The number of benzene rings is 1. The summed E-state index contributed by atoms with van der Waals surface area (Å²) < 4.78 is 0. The predicted molar refractivity (Wildman–Crippen MR) is 64.3 cm³/mol. The van der Waals surface area contributed by atoms with Crippen LogP contribution < -0.4 is 11.0 Å². The van der Waals surface area contributed by atoms with Gasteiger partial charge in [-0.3, -0.25) is 4.79 Å². The number of nitrogens with one attached hydrogen (secondary N) is 3. The number of aromatic amines is 2. The topological polar surface area (TPSA) is 77.8 Å². The lowest BCUT2D eigenvalue weighted by Crippen LogP contribution is -2.30. The zero-order valence-corrected chi connectivity index (χ0v) is 9.25. The van der Waals surface area contributed by atoms with Crippen molar-refractivity contribution in [3.63, 3.8) is 0 Å². The van der Waals surface area contributed by atoms with Crippen molar-refractivity contribution in [3.05, 3.63) is 34.2 Å². The molecule has 0 aliphatic carbocycles. The third-order valence-electron chi connectivity index (χ3n) is 3.18. The summed E-state index contributed by atoms with van der Waals surface area (Å²) in [6.07, 6.45) is 1.93. The summed E-state index contributed by atoms with van der Waals surface area (Å²) in [5.74, 6) is 0.103. The van der Waals surface area contributed by atoms with Gasteiger partial charge in [-0.2, -0.15) is 0 Å². The van der Waals surface area contributed by atoms with E-state index in [9.17, 15) is 9.59 Å². The number of H-pyrrole nitrogens is 2. The second kappa shape index (κ2) is 3.85. The Morgan fingerprint density at radius 3 is 2.82 bits per heavy atom. The van der Waals surface area contributed by atoms with Gasteiger partial charge in [0.25, 0.3) is 0 Å². The molecule has 5 heteroatoms. The number of Topliss-reactive ketones (excluding diaryl/α,β-unsaturated/α-hetero) is 1. The molecule has 1 fully saturated rings. The first-order chi connectivity index (χ1) is 8.24. The molecule has 0 radical (unpaired) electrons. The van der Waals surface area contributed by atoms with Crippen LogP contribution in [0, 0.1) is 0 Å². The summed E-state index contributed by atoms with van der Waals surface area (Å²) >= 11 is 0. The molecule has 1 aliphatic heterocycles. The van der Waals surface area contributed by atoms with Gasteiger partial charge in [0.15, 0.2) is 5.78 Å². The van der Waals surface area contributed by atoms with Crippen molar-refractivity contribution in [1.82, 2.24) is 15.3 Å². The fourth-order valence-corrected chi connectivity index (χ4v) is 2.30. The van der Waals surface area contributed by atoms with E-state index in [-0.39, 0.29) is 17.5 Å². The summed E-state index contributed by atoms with van der Waals surface area (Å²) in [6.45, 7) is 0.902. The van der Waals surface area contributed by atoms with Gasteiger partial charge in [0.2, 0.25) is 0 Å². The van der Waals surface area contributed by atoms with Crippen molar-refractivity contribution in [1.29, 1.82) is 0 Å². The number of hydrogen-bond acceptors (Lipinski definition) is 3. The first kappa shape index (κ1) is 10.3. The smallest absolute Gasteiger partial charge is 0.307 e. The number of fused-ring (bicyclic) bond motifs is 1. The van der Waals surface area contributed by atoms with Gasteiger partial charge in [-0.1, -0.05) is 0 Å². The average Bonchev–Trinajstić information content (AvgIpc) is 2.94. The Morgan fingerprint density at radius 2 is 2.06 bits per heavy atom. The number of imidazole rings is 1.